The van der Waals surface area contributed by atoms with Crippen molar-refractivity contribution in [1.29, 1.82) is 0 Å². The lowest BCUT2D eigenvalue weighted by molar-refractivity contribution is -0.148. The third kappa shape index (κ3) is 4.66. The molecule has 0 radical (unpaired) electrons. The molecule has 1 amide bonds. The summed E-state index contributed by atoms with van der Waals surface area (Å²) in [6, 6.07) is 13.7. The fraction of sp³-hybridized carbons (Fsp3) is 0.333. The molecule has 23 heavy (non-hydrogen) atoms. The minimum Gasteiger partial charge on any atom is -0.455 e. The summed E-state index contributed by atoms with van der Waals surface area (Å²) >= 11 is 1.50. The number of hydrogen-bond acceptors (Lipinski definition) is 4. The Morgan fingerprint density at radius 3 is 2.61 bits per heavy atom. The summed E-state index contributed by atoms with van der Waals surface area (Å²) in [4.78, 5) is 24.7. The molecule has 1 heterocycles. The summed E-state index contributed by atoms with van der Waals surface area (Å²) in [5.41, 5.74) is 1.10. The Hall–Kier alpha value is -2.14. The number of carbonyl (C=O) groups is 2. The van der Waals surface area contributed by atoms with Crippen molar-refractivity contribution in [2.24, 2.45) is 5.92 Å². The zero-order valence-electron chi connectivity index (χ0n) is 12.7. The van der Waals surface area contributed by atoms with Crippen LogP contribution in [-0.2, 0) is 20.7 Å². The van der Waals surface area contributed by atoms with Crippen molar-refractivity contribution in [3.05, 3.63) is 58.3 Å². The number of nitrogens with one attached hydrogen (secondary N) is 1. The molecule has 1 fully saturated rings. The highest BCUT2D eigenvalue weighted by atomic mass is 32.1. The van der Waals surface area contributed by atoms with Crippen molar-refractivity contribution < 1.29 is 14.3 Å². The van der Waals surface area contributed by atoms with Gasteiger partial charge in [-0.3, -0.25) is 9.59 Å². The molecule has 0 unspecified atom stereocenters. The third-order valence-electron chi connectivity index (χ3n) is 3.83. The van der Waals surface area contributed by atoms with E-state index >= 15 is 0 Å². The Balaban J connectivity index is 1.49. The monoisotopic (exact) mass is 329 g/mol. The van der Waals surface area contributed by atoms with Crippen molar-refractivity contribution in [2.45, 2.75) is 25.3 Å². The molecule has 1 atom stereocenters. The topological polar surface area (TPSA) is 55.4 Å². The molecule has 3 rings (SSSR count). The maximum Gasteiger partial charge on any atom is 0.311 e. The van der Waals surface area contributed by atoms with Gasteiger partial charge in [-0.25, -0.2) is 0 Å². The molecule has 1 N–H and O–H groups in total. The summed E-state index contributed by atoms with van der Waals surface area (Å²) in [5.74, 6) is -0.126. The number of rotatable bonds is 7. The molecule has 2 aromatic rings. The summed E-state index contributed by atoms with van der Waals surface area (Å²) in [5, 5.41) is 4.91. The van der Waals surface area contributed by atoms with E-state index in [2.05, 4.69) is 5.32 Å². The Morgan fingerprint density at radius 1 is 1.17 bits per heavy atom. The van der Waals surface area contributed by atoms with Crippen molar-refractivity contribution in [3.8, 4) is 0 Å². The SMILES string of the molecule is O=C(COC(=O)Cc1cccs1)N[C@H](c1ccccc1)C1CC1. The normalized spacial score (nSPS) is 15.0. The van der Waals surface area contributed by atoms with Gasteiger partial charge in [0.15, 0.2) is 6.61 Å². The zero-order valence-corrected chi connectivity index (χ0v) is 13.6. The van der Waals surface area contributed by atoms with Gasteiger partial charge in [-0.2, -0.15) is 0 Å². The van der Waals surface area contributed by atoms with Gasteiger partial charge >= 0.3 is 5.97 Å². The Bertz CT molecular complexity index is 650. The predicted octanol–water partition coefficient (Wildman–Crippen LogP) is 3.10. The van der Waals surface area contributed by atoms with Gasteiger partial charge in [-0.15, -0.1) is 11.3 Å². The summed E-state index contributed by atoms with van der Waals surface area (Å²) in [7, 11) is 0. The summed E-state index contributed by atoms with van der Waals surface area (Å²) < 4.78 is 5.07. The Kier molecular flexibility index (Phi) is 5.08. The first-order valence-corrected chi connectivity index (χ1v) is 8.62. The van der Waals surface area contributed by atoms with E-state index in [4.69, 9.17) is 4.74 Å². The van der Waals surface area contributed by atoms with Crippen LogP contribution in [0.25, 0.3) is 0 Å². The second-order valence-corrected chi connectivity index (χ2v) is 6.74. The second kappa shape index (κ2) is 7.42. The van der Waals surface area contributed by atoms with Gasteiger partial charge in [0.1, 0.15) is 0 Å². The predicted molar refractivity (Wildman–Crippen MR) is 89.0 cm³/mol. The fourth-order valence-corrected chi connectivity index (χ4v) is 3.22. The Labute approximate surface area is 139 Å². The molecule has 120 valence electrons. The van der Waals surface area contributed by atoms with E-state index in [0.29, 0.717) is 5.92 Å². The number of carbonyl (C=O) groups excluding carboxylic acids is 2. The van der Waals surface area contributed by atoms with Crippen LogP contribution in [0.5, 0.6) is 0 Å². The van der Waals surface area contributed by atoms with Gasteiger partial charge in [0.05, 0.1) is 12.5 Å². The van der Waals surface area contributed by atoms with E-state index in [1.165, 1.54) is 11.3 Å². The quantitative estimate of drug-likeness (QED) is 0.794. The van der Waals surface area contributed by atoms with Crippen LogP contribution in [0.1, 0.15) is 29.3 Å². The largest absolute Gasteiger partial charge is 0.455 e. The van der Waals surface area contributed by atoms with E-state index in [1.807, 2.05) is 47.8 Å². The molecular formula is C18H19NO3S. The van der Waals surface area contributed by atoms with Crippen molar-refractivity contribution >= 4 is 23.2 Å². The highest BCUT2D eigenvalue weighted by Crippen LogP contribution is 2.40. The maximum absolute atomic E-state index is 12.1. The van der Waals surface area contributed by atoms with Gasteiger partial charge in [-0.05, 0) is 35.8 Å². The highest BCUT2D eigenvalue weighted by molar-refractivity contribution is 7.10. The molecule has 0 saturated heterocycles. The maximum atomic E-state index is 12.1. The second-order valence-electron chi connectivity index (χ2n) is 5.71. The van der Waals surface area contributed by atoms with Gasteiger partial charge in [0, 0.05) is 4.88 Å². The molecule has 0 aliphatic heterocycles. The number of amides is 1. The first-order chi connectivity index (χ1) is 11.2. The number of benzene rings is 1. The van der Waals surface area contributed by atoms with Crippen LogP contribution in [0.15, 0.2) is 47.8 Å². The van der Waals surface area contributed by atoms with Crippen molar-refractivity contribution in [3.63, 3.8) is 0 Å². The third-order valence-corrected chi connectivity index (χ3v) is 4.71. The van der Waals surface area contributed by atoms with Crippen LogP contribution in [0.3, 0.4) is 0 Å². The van der Waals surface area contributed by atoms with Crippen molar-refractivity contribution in [2.75, 3.05) is 6.61 Å². The first kappa shape index (κ1) is 15.7. The molecule has 1 saturated carbocycles. The smallest absolute Gasteiger partial charge is 0.311 e. The number of hydrogen-bond donors (Lipinski definition) is 1. The molecular weight excluding hydrogens is 310 g/mol. The summed E-state index contributed by atoms with van der Waals surface area (Å²) in [6.07, 6.45) is 2.46. The van der Waals surface area contributed by atoms with E-state index < -0.39 is 0 Å². The van der Waals surface area contributed by atoms with Gasteiger partial charge in [-0.1, -0.05) is 36.4 Å². The molecule has 1 aromatic carbocycles. The lowest BCUT2D eigenvalue weighted by atomic mass is 10.0. The van der Waals surface area contributed by atoms with E-state index in [0.717, 1.165) is 23.3 Å². The zero-order chi connectivity index (χ0) is 16.1. The van der Waals surface area contributed by atoms with Crippen molar-refractivity contribution in [1.82, 2.24) is 5.32 Å². The van der Waals surface area contributed by atoms with Crippen LogP contribution in [0, 0.1) is 5.92 Å². The highest BCUT2D eigenvalue weighted by Gasteiger charge is 2.33. The van der Waals surface area contributed by atoms with Crippen LogP contribution in [0.4, 0.5) is 0 Å². The standard InChI is InChI=1S/C18H19NO3S/c20-16(12-22-17(21)11-15-7-4-10-23-15)19-18(14-8-9-14)13-5-2-1-3-6-13/h1-7,10,14,18H,8-9,11-12H2,(H,19,20)/t18-/m1/s1. The fourth-order valence-electron chi connectivity index (χ4n) is 2.53. The van der Waals surface area contributed by atoms with Gasteiger partial charge < -0.3 is 10.1 Å². The average Bonchev–Trinajstić information content (AvgIpc) is 3.28. The van der Waals surface area contributed by atoms with Crippen LogP contribution < -0.4 is 5.32 Å². The molecule has 5 heteroatoms. The van der Waals surface area contributed by atoms with Gasteiger partial charge in [0.2, 0.25) is 0 Å². The summed E-state index contributed by atoms with van der Waals surface area (Å²) in [6.45, 7) is -0.222. The number of ether oxygens (including phenoxy) is 1. The molecule has 1 aliphatic rings. The minimum absolute atomic E-state index is 0.0136. The van der Waals surface area contributed by atoms with E-state index in [-0.39, 0.29) is 30.9 Å². The first-order valence-electron chi connectivity index (χ1n) is 7.74. The molecule has 1 aromatic heterocycles. The molecule has 0 spiro atoms. The minimum atomic E-state index is -0.370. The lowest BCUT2D eigenvalue weighted by Gasteiger charge is -2.18. The number of esters is 1. The molecule has 0 bridgehead atoms. The van der Waals surface area contributed by atoms with Crippen LogP contribution in [0.2, 0.25) is 0 Å². The average molecular weight is 329 g/mol. The van der Waals surface area contributed by atoms with Crippen LogP contribution in [-0.4, -0.2) is 18.5 Å². The number of thiophene rings is 1. The van der Waals surface area contributed by atoms with E-state index in [9.17, 15) is 9.59 Å². The lowest BCUT2D eigenvalue weighted by Crippen LogP contribution is -2.33. The molecule has 1 aliphatic carbocycles. The van der Waals surface area contributed by atoms with Crippen LogP contribution >= 0.6 is 11.3 Å². The Morgan fingerprint density at radius 2 is 1.96 bits per heavy atom. The van der Waals surface area contributed by atoms with Gasteiger partial charge in [0.25, 0.3) is 5.91 Å². The molecule has 4 nitrogen and oxygen atoms in total. The van der Waals surface area contributed by atoms with E-state index in [1.54, 1.807) is 0 Å².